The summed E-state index contributed by atoms with van der Waals surface area (Å²) in [5.74, 6) is -0.0287. The lowest BCUT2D eigenvalue weighted by Gasteiger charge is -2.15. The molecule has 4 rings (SSSR count). The van der Waals surface area contributed by atoms with E-state index in [1.165, 1.54) is 0 Å². The number of carbonyl (C=O) groups excluding carboxylic acids is 1. The molecule has 26 heavy (non-hydrogen) atoms. The summed E-state index contributed by atoms with van der Waals surface area (Å²) in [6, 6.07) is 7.94. The van der Waals surface area contributed by atoms with Crippen LogP contribution in [0.2, 0.25) is 0 Å². The monoisotopic (exact) mass is 354 g/mol. The maximum absolute atomic E-state index is 13.0. The molecule has 0 aliphatic carbocycles. The van der Waals surface area contributed by atoms with E-state index in [4.69, 9.17) is 4.74 Å². The van der Waals surface area contributed by atoms with E-state index in [1.54, 1.807) is 4.68 Å². The highest BCUT2D eigenvalue weighted by Crippen LogP contribution is 2.25. The van der Waals surface area contributed by atoms with E-state index in [-0.39, 0.29) is 11.9 Å². The molecule has 0 N–H and O–H groups in total. The van der Waals surface area contributed by atoms with Gasteiger partial charge >= 0.3 is 0 Å². The summed E-state index contributed by atoms with van der Waals surface area (Å²) in [5.41, 5.74) is 2.29. The summed E-state index contributed by atoms with van der Waals surface area (Å²) in [6.07, 6.45) is 2.76. The number of fused-ring (bicyclic) bond motifs is 1. The molecule has 0 bridgehead atoms. The van der Waals surface area contributed by atoms with Gasteiger partial charge in [0.25, 0.3) is 5.91 Å². The van der Waals surface area contributed by atoms with E-state index < -0.39 is 0 Å². The Morgan fingerprint density at radius 2 is 2.19 bits per heavy atom. The largest absolute Gasteiger partial charge is 0.375 e. The van der Waals surface area contributed by atoms with E-state index in [0.717, 1.165) is 23.0 Å². The molecule has 3 heterocycles. The van der Waals surface area contributed by atoms with Gasteiger partial charge in [-0.2, -0.15) is 5.10 Å². The average molecular weight is 354 g/mol. The molecule has 1 aromatic carbocycles. The van der Waals surface area contributed by atoms with Crippen molar-refractivity contribution in [3.63, 3.8) is 0 Å². The summed E-state index contributed by atoms with van der Waals surface area (Å²) in [5, 5.41) is 13.7. The Bertz CT molecular complexity index is 931. The number of aromatic nitrogens is 5. The SMILES string of the molecule is CCOCc1cn(C2CCN(C(=O)c3nn(C)c4ccccc34)C2)nn1. The third-order valence-corrected chi connectivity index (χ3v) is 4.80. The fraction of sp³-hybridized carbons (Fsp3) is 0.444. The van der Waals surface area contributed by atoms with Gasteiger partial charge in [0.2, 0.25) is 0 Å². The van der Waals surface area contributed by atoms with Gasteiger partial charge in [-0.3, -0.25) is 9.48 Å². The zero-order valence-corrected chi connectivity index (χ0v) is 15.0. The van der Waals surface area contributed by atoms with Gasteiger partial charge in [0.1, 0.15) is 5.69 Å². The third kappa shape index (κ3) is 2.96. The first-order valence-electron chi connectivity index (χ1n) is 8.87. The molecule has 1 atom stereocenters. The topological polar surface area (TPSA) is 78.1 Å². The van der Waals surface area contributed by atoms with Crippen LogP contribution in [0.15, 0.2) is 30.5 Å². The number of benzene rings is 1. The first kappa shape index (κ1) is 16.7. The number of hydrogen-bond acceptors (Lipinski definition) is 5. The fourth-order valence-electron chi connectivity index (χ4n) is 3.43. The molecule has 0 saturated carbocycles. The molecule has 1 aliphatic rings. The highest BCUT2D eigenvalue weighted by Gasteiger charge is 2.31. The van der Waals surface area contributed by atoms with E-state index in [2.05, 4.69) is 15.4 Å². The third-order valence-electron chi connectivity index (χ3n) is 4.80. The number of rotatable bonds is 5. The van der Waals surface area contributed by atoms with Crippen LogP contribution in [0.1, 0.15) is 35.6 Å². The van der Waals surface area contributed by atoms with Gasteiger partial charge in [-0.15, -0.1) is 5.10 Å². The molecular formula is C18H22N6O2. The highest BCUT2D eigenvalue weighted by atomic mass is 16.5. The predicted molar refractivity (Wildman–Crippen MR) is 95.6 cm³/mol. The quantitative estimate of drug-likeness (QED) is 0.698. The fourth-order valence-corrected chi connectivity index (χ4v) is 3.43. The van der Waals surface area contributed by atoms with Crippen molar-refractivity contribution >= 4 is 16.8 Å². The van der Waals surface area contributed by atoms with E-state index in [9.17, 15) is 4.79 Å². The molecule has 0 radical (unpaired) electrons. The van der Waals surface area contributed by atoms with Gasteiger partial charge in [0.05, 0.1) is 24.4 Å². The summed E-state index contributed by atoms with van der Waals surface area (Å²) in [6.45, 7) is 4.37. The summed E-state index contributed by atoms with van der Waals surface area (Å²) < 4.78 is 8.97. The molecule has 8 nitrogen and oxygen atoms in total. The van der Waals surface area contributed by atoms with Crippen LogP contribution < -0.4 is 0 Å². The first-order chi connectivity index (χ1) is 12.7. The maximum atomic E-state index is 13.0. The molecule has 2 aromatic heterocycles. The van der Waals surface area contributed by atoms with Crippen molar-refractivity contribution in [2.75, 3.05) is 19.7 Å². The van der Waals surface area contributed by atoms with Crippen molar-refractivity contribution in [1.82, 2.24) is 29.7 Å². The molecule has 8 heteroatoms. The average Bonchev–Trinajstić information content (AvgIpc) is 3.38. The van der Waals surface area contributed by atoms with E-state index in [0.29, 0.717) is 32.0 Å². The number of carbonyl (C=O) groups is 1. The zero-order valence-electron chi connectivity index (χ0n) is 15.0. The van der Waals surface area contributed by atoms with Gasteiger partial charge < -0.3 is 9.64 Å². The van der Waals surface area contributed by atoms with Gasteiger partial charge in [0.15, 0.2) is 5.69 Å². The molecule has 1 aliphatic heterocycles. The minimum absolute atomic E-state index is 0.0287. The Hall–Kier alpha value is -2.74. The number of hydrogen-bond donors (Lipinski definition) is 0. The van der Waals surface area contributed by atoms with Gasteiger partial charge in [-0.1, -0.05) is 23.4 Å². The maximum Gasteiger partial charge on any atom is 0.275 e. The van der Waals surface area contributed by atoms with Crippen LogP contribution in [-0.2, 0) is 18.4 Å². The summed E-state index contributed by atoms with van der Waals surface area (Å²) in [4.78, 5) is 14.8. The van der Waals surface area contributed by atoms with Crippen LogP contribution in [0.25, 0.3) is 10.9 Å². The number of nitrogens with zero attached hydrogens (tertiary/aromatic N) is 6. The molecule has 0 spiro atoms. The van der Waals surface area contributed by atoms with Crippen LogP contribution in [0.3, 0.4) is 0 Å². The summed E-state index contributed by atoms with van der Waals surface area (Å²) in [7, 11) is 1.86. The van der Waals surface area contributed by atoms with Crippen molar-refractivity contribution < 1.29 is 9.53 Å². The molecule has 1 saturated heterocycles. The number of ether oxygens (including phenoxy) is 1. The zero-order chi connectivity index (χ0) is 18.1. The standard InChI is InChI=1S/C18H22N6O2/c1-3-26-12-13-10-24(21-19-13)14-8-9-23(11-14)18(25)17-15-6-4-5-7-16(15)22(2)20-17/h4-7,10,14H,3,8-9,11-12H2,1-2H3. The second kappa shape index (κ2) is 6.87. The van der Waals surface area contributed by atoms with Crippen molar-refractivity contribution in [2.24, 2.45) is 7.05 Å². The molecular weight excluding hydrogens is 332 g/mol. The van der Waals surface area contributed by atoms with Gasteiger partial charge in [-0.05, 0) is 19.4 Å². The predicted octanol–water partition coefficient (Wildman–Crippen LogP) is 1.79. The Morgan fingerprint density at radius 1 is 1.35 bits per heavy atom. The number of aryl methyl sites for hydroxylation is 1. The Balaban J connectivity index is 1.49. The number of likely N-dealkylation sites (tertiary alicyclic amines) is 1. The Kier molecular flexibility index (Phi) is 4.42. The Labute approximate surface area is 151 Å². The van der Waals surface area contributed by atoms with Gasteiger partial charge in [0, 0.05) is 32.1 Å². The molecule has 1 unspecified atom stereocenters. The van der Waals surface area contributed by atoms with E-state index >= 15 is 0 Å². The van der Waals surface area contributed by atoms with E-state index in [1.807, 2.05) is 54.0 Å². The minimum Gasteiger partial charge on any atom is -0.375 e. The Morgan fingerprint density at radius 3 is 3.04 bits per heavy atom. The highest BCUT2D eigenvalue weighted by molar-refractivity contribution is 6.04. The van der Waals surface area contributed by atoms with Crippen molar-refractivity contribution in [3.8, 4) is 0 Å². The molecule has 3 aromatic rings. The van der Waals surface area contributed by atoms with Crippen LogP contribution in [0, 0.1) is 0 Å². The van der Waals surface area contributed by atoms with Crippen LogP contribution in [-0.4, -0.2) is 55.3 Å². The number of para-hydroxylation sites is 1. The lowest BCUT2D eigenvalue weighted by Crippen LogP contribution is -2.29. The first-order valence-corrected chi connectivity index (χ1v) is 8.87. The smallest absolute Gasteiger partial charge is 0.275 e. The summed E-state index contributed by atoms with van der Waals surface area (Å²) >= 11 is 0. The molecule has 1 amide bonds. The lowest BCUT2D eigenvalue weighted by atomic mass is 10.2. The van der Waals surface area contributed by atoms with Crippen molar-refractivity contribution in [3.05, 3.63) is 41.9 Å². The van der Waals surface area contributed by atoms with Gasteiger partial charge in [-0.25, -0.2) is 4.68 Å². The van der Waals surface area contributed by atoms with Crippen LogP contribution in [0.4, 0.5) is 0 Å². The second-order valence-electron chi connectivity index (χ2n) is 6.51. The molecule has 1 fully saturated rings. The van der Waals surface area contributed by atoms with Crippen LogP contribution in [0.5, 0.6) is 0 Å². The van der Waals surface area contributed by atoms with Crippen molar-refractivity contribution in [2.45, 2.75) is 26.0 Å². The van der Waals surface area contributed by atoms with Crippen molar-refractivity contribution in [1.29, 1.82) is 0 Å². The molecule has 136 valence electrons. The second-order valence-corrected chi connectivity index (χ2v) is 6.51. The minimum atomic E-state index is -0.0287. The number of amides is 1. The normalized spacial score (nSPS) is 17.3. The lowest BCUT2D eigenvalue weighted by molar-refractivity contribution is 0.0782. The van der Waals surface area contributed by atoms with Crippen LogP contribution >= 0.6 is 0 Å².